The summed E-state index contributed by atoms with van der Waals surface area (Å²) in [6, 6.07) is 4.92. The number of aryl methyl sites for hydroxylation is 1. The molecule has 0 aromatic carbocycles. The molecular weight excluding hydrogens is 318 g/mol. The molecule has 7 nitrogen and oxygen atoms in total. The molecule has 7 heteroatoms. The van der Waals surface area contributed by atoms with E-state index in [-0.39, 0.29) is 24.1 Å². The van der Waals surface area contributed by atoms with E-state index < -0.39 is 0 Å². The van der Waals surface area contributed by atoms with Gasteiger partial charge in [-0.2, -0.15) is 0 Å². The maximum absolute atomic E-state index is 12.8. The van der Waals surface area contributed by atoms with Crippen LogP contribution in [0.25, 0.3) is 0 Å². The topological polar surface area (TPSA) is 73.0 Å². The average Bonchev–Trinajstić information content (AvgIpc) is 3.18. The quantitative estimate of drug-likeness (QED) is 0.849. The Kier molecular flexibility index (Phi) is 4.38. The van der Waals surface area contributed by atoms with Crippen LogP contribution in [0.15, 0.2) is 29.2 Å². The van der Waals surface area contributed by atoms with Crippen molar-refractivity contribution >= 4 is 5.91 Å². The van der Waals surface area contributed by atoms with Crippen molar-refractivity contribution in [2.24, 2.45) is 0 Å². The number of rotatable bonds is 3. The van der Waals surface area contributed by atoms with E-state index in [2.05, 4.69) is 14.8 Å². The SMILES string of the molecule is O=C(Cn1ccccc1=O)N1CCCC1c1nnc2n1CCCCC2. The lowest BCUT2D eigenvalue weighted by Gasteiger charge is -2.25. The van der Waals surface area contributed by atoms with Crippen molar-refractivity contribution in [1.82, 2.24) is 24.2 Å². The number of fused-ring (bicyclic) bond motifs is 1. The molecule has 0 radical (unpaired) electrons. The third-order valence-electron chi connectivity index (χ3n) is 5.21. The van der Waals surface area contributed by atoms with Crippen LogP contribution in [-0.4, -0.2) is 36.7 Å². The van der Waals surface area contributed by atoms with Crippen LogP contribution in [0.1, 0.15) is 49.8 Å². The Morgan fingerprint density at radius 2 is 2.04 bits per heavy atom. The lowest BCUT2D eigenvalue weighted by molar-refractivity contribution is -0.133. The zero-order valence-corrected chi connectivity index (χ0v) is 14.3. The molecule has 0 aliphatic carbocycles. The van der Waals surface area contributed by atoms with Crippen LogP contribution in [0, 0.1) is 0 Å². The Labute approximate surface area is 146 Å². The minimum atomic E-state index is -0.150. The van der Waals surface area contributed by atoms with Gasteiger partial charge in [0, 0.05) is 31.8 Å². The Morgan fingerprint density at radius 1 is 1.12 bits per heavy atom. The number of pyridine rings is 1. The van der Waals surface area contributed by atoms with Gasteiger partial charge in [0.1, 0.15) is 12.4 Å². The molecule has 1 unspecified atom stereocenters. The molecule has 2 aliphatic heterocycles. The first-order chi connectivity index (χ1) is 12.2. The van der Waals surface area contributed by atoms with Gasteiger partial charge in [0.15, 0.2) is 5.82 Å². The molecular formula is C18H23N5O2. The van der Waals surface area contributed by atoms with E-state index in [1.54, 1.807) is 18.3 Å². The fourth-order valence-electron chi connectivity index (χ4n) is 3.92. The number of nitrogens with zero attached hydrogens (tertiary/aromatic N) is 5. The maximum atomic E-state index is 12.8. The highest BCUT2D eigenvalue weighted by atomic mass is 16.2. The number of hydrogen-bond acceptors (Lipinski definition) is 4. The summed E-state index contributed by atoms with van der Waals surface area (Å²) in [5.41, 5.74) is -0.150. The zero-order valence-electron chi connectivity index (χ0n) is 14.3. The van der Waals surface area contributed by atoms with Crippen LogP contribution in [0.4, 0.5) is 0 Å². The van der Waals surface area contributed by atoms with E-state index in [1.165, 1.54) is 17.1 Å². The van der Waals surface area contributed by atoms with E-state index in [9.17, 15) is 9.59 Å². The molecule has 2 aromatic rings. The first kappa shape index (κ1) is 16.1. The molecule has 2 aromatic heterocycles. The Balaban J connectivity index is 1.57. The summed E-state index contributed by atoms with van der Waals surface area (Å²) in [5, 5.41) is 8.80. The van der Waals surface area contributed by atoms with E-state index in [4.69, 9.17) is 0 Å². The van der Waals surface area contributed by atoms with Crippen LogP contribution in [0.2, 0.25) is 0 Å². The average molecular weight is 341 g/mol. The summed E-state index contributed by atoms with van der Waals surface area (Å²) >= 11 is 0. The first-order valence-electron chi connectivity index (χ1n) is 9.11. The van der Waals surface area contributed by atoms with Crippen molar-refractivity contribution < 1.29 is 4.79 Å². The molecule has 1 amide bonds. The Morgan fingerprint density at radius 3 is 2.92 bits per heavy atom. The third kappa shape index (κ3) is 3.10. The van der Waals surface area contributed by atoms with Gasteiger partial charge in [-0.1, -0.05) is 12.5 Å². The van der Waals surface area contributed by atoms with Gasteiger partial charge >= 0.3 is 0 Å². The number of carbonyl (C=O) groups excluding carboxylic acids is 1. The molecule has 0 bridgehead atoms. The van der Waals surface area contributed by atoms with Crippen molar-refractivity contribution in [3.63, 3.8) is 0 Å². The second kappa shape index (κ2) is 6.82. The summed E-state index contributed by atoms with van der Waals surface area (Å²) in [6.45, 7) is 1.73. The molecule has 0 spiro atoms. The summed E-state index contributed by atoms with van der Waals surface area (Å²) in [4.78, 5) is 26.6. The molecule has 0 saturated carbocycles. The van der Waals surface area contributed by atoms with Crippen molar-refractivity contribution in [1.29, 1.82) is 0 Å². The molecule has 25 heavy (non-hydrogen) atoms. The van der Waals surface area contributed by atoms with Crippen molar-refractivity contribution in [2.45, 2.75) is 57.7 Å². The van der Waals surface area contributed by atoms with Gasteiger partial charge in [-0.15, -0.1) is 10.2 Å². The number of likely N-dealkylation sites (tertiary alicyclic amines) is 1. The largest absolute Gasteiger partial charge is 0.331 e. The highest BCUT2D eigenvalue weighted by Gasteiger charge is 2.34. The molecule has 1 atom stereocenters. The van der Waals surface area contributed by atoms with E-state index in [0.717, 1.165) is 50.3 Å². The second-order valence-corrected chi connectivity index (χ2v) is 6.85. The van der Waals surface area contributed by atoms with Gasteiger partial charge < -0.3 is 14.0 Å². The predicted molar refractivity (Wildman–Crippen MR) is 92.0 cm³/mol. The fraction of sp³-hybridized carbons (Fsp3) is 0.556. The fourth-order valence-corrected chi connectivity index (χ4v) is 3.92. The minimum Gasteiger partial charge on any atom is -0.331 e. The highest BCUT2D eigenvalue weighted by Crippen LogP contribution is 2.32. The van der Waals surface area contributed by atoms with E-state index >= 15 is 0 Å². The maximum Gasteiger partial charge on any atom is 0.250 e. The smallest absolute Gasteiger partial charge is 0.250 e. The zero-order chi connectivity index (χ0) is 17.2. The van der Waals surface area contributed by atoms with Crippen LogP contribution in [0.3, 0.4) is 0 Å². The van der Waals surface area contributed by atoms with Gasteiger partial charge in [-0.3, -0.25) is 9.59 Å². The summed E-state index contributed by atoms with van der Waals surface area (Å²) in [6.07, 6.45) is 8.00. The van der Waals surface area contributed by atoms with E-state index in [0.29, 0.717) is 6.54 Å². The molecule has 132 valence electrons. The standard InChI is InChI=1S/C18H23N5O2/c24-16-9-3-5-10-21(16)13-17(25)22-12-6-7-14(22)18-20-19-15-8-2-1-4-11-23(15)18/h3,5,9-10,14H,1-2,4,6-8,11-13H2. The van der Waals surface area contributed by atoms with Crippen LogP contribution >= 0.6 is 0 Å². The molecule has 1 saturated heterocycles. The molecule has 0 N–H and O–H groups in total. The van der Waals surface area contributed by atoms with Crippen LogP contribution < -0.4 is 5.56 Å². The summed E-state index contributed by atoms with van der Waals surface area (Å²) in [5.74, 6) is 1.94. The van der Waals surface area contributed by atoms with Gasteiger partial charge in [0.2, 0.25) is 5.91 Å². The second-order valence-electron chi connectivity index (χ2n) is 6.85. The van der Waals surface area contributed by atoms with Gasteiger partial charge in [-0.05, 0) is 31.7 Å². The van der Waals surface area contributed by atoms with Crippen molar-refractivity contribution in [2.75, 3.05) is 6.54 Å². The van der Waals surface area contributed by atoms with Crippen molar-refractivity contribution in [3.8, 4) is 0 Å². The predicted octanol–water partition coefficient (Wildman–Crippen LogP) is 1.53. The number of carbonyl (C=O) groups is 1. The number of aromatic nitrogens is 4. The lowest BCUT2D eigenvalue weighted by Crippen LogP contribution is -2.36. The van der Waals surface area contributed by atoms with Crippen molar-refractivity contribution in [3.05, 3.63) is 46.4 Å². The van der Waals surface area contributed by atoms with Gasteiger partial charge in [-0.25, -0.2) is 0 Å². The normalized spacial score (nSPS) is 20.3. The lowest BCUT2D eigenvalue weighted by atomic mass is 10.2. The van der Waals surface area contributed by atoms with Crippen LogP contribution in [-0.2, 0) is 24.3 Å². The monoisotopic (exact) mass is 341 g/mol. The van der Waals surface area contributed by atoms with Gasteiger partial charge in [0.05, 0.1) is 6.04 Å². The molecule has 4 heterocycles. The third-order valence-corrected chi connectivity index (χ3v) is 5.21. The minimum absolute atomic E-state index is 0.0220. The molecule has 4 rings (SSSR count). The summed E-state index contributed by atoms with van der Waals surface area (Å²) in [7, 11) is 0. The number of amides is 1. The van der Waals surface area contributed by atoms with Gasteiger partial charge in [0.25, 0.3) is 5.56 Å². The first-order valence-corrected chi connectivity index (χ1v) is 9.11. The molecule has 1 fully saturated rings. The van der Waals surface area contributed by atoms with Crippen LogP contribution in [0.5, 0.6) is 0 Å². The molecule has 2 aliphatic rings. The Bertz CT molecular complexity index is 825. The highest BCUT2D eigenvalue weighted by molar-refractivity contribution is 5.76. The number of hydrogen-bond donors (Lipinski definition) is 0. The Hall–Kier alpha value is -2.44. The van der Waals surface area contributed by atoms with E-state index in [1.807, 2.05) is 4.90 Å². The summed E-state index contributed by atoms with van der Waals surface area (Å²) < 4.78 is 3.68.